The molecule has 6 rings (SSSR count). The van der Waals surface area contributed by atoms with Gasteiger partial charge in [-0.25, -0.2) is 15.0 Å². The van der Waals surface area contributed by atoms with Gasteiger partial charge < -0.3 is 19.9 Å². The normalized spacial score (nSPS) is 14.0. The molecule has 1 aliphatic rings. The number of nitrogens with zero attached hydrogens (tertiary/aromatic N) is 6. The Morgan fingerprint density at radius 1 is 1.03 bits per heavy atom. The number of nitrogens with one attached hydrogen (secondary N) is 3. The van der Waals surface area contributed by atoms with Crippen molar-refractivity contribution >= 4 is 34.3 Å². The summed E-state index contributed by atoms with van der Waals surface area (Å²) in [5, 5.41) is 13.2. The van der Waals surface area contributed by atoms with E-state index < -0.39 is 0 Å². The van der Waals surface area contributed by atoms with Crippen LogP contribution in [-0.4, -0.2) is 73.4 Å². The van der Waals surface area contributed by atoms with Gasteiger partial charge in [0.1, 0.15) is 0 Å². The number of benzene rings is 2. The molecular weight excluding hydrogens is 482 g/mol. The van der Waals surface area contributed by atoms with Gasteiger partial charge in [-0.3, -0.25) is 14.8 Å². The third-order valence-corrected chi connectivity index (χ3v) is 6.41. The van der Waals surface area contributed by atoms with Crippen LogP contribution in [0.2, 0.25) is 0 Å². The van der Waals surface area contributed by atoms with Crippen LogP contribution < -0.4 is 10.6 Å². The molecule has 0 saturated carbocycles. The number of aryl methyl sites for hydroxylation is 1. The molecule has 1 fully saturated rings. The molecule has 1 saturated heterocycles. The minimum absolute atomic E-state index is 0.0618. The topological polar surface area (TPSA) is 126 Å². The Hall–Kier alpha value is -4.61. The predicted octanol–water partition coefficient (Wildman–Crippen LogP) is 3.43. The highest BCUT2D eigenvalue weighted by atomic mass is 16.5. The number of carbonyl (C=O) groups is 1. The Bertz CT molecular complexity index is 1560. The predicted molar refractivity (Wildman–Crippen MR) is 145 cm³/mol. The Kier molecular flexibility index (Phi) is 6.51. The minimum atomic E-state index is -0.0618. The van der Waals surface area contributed by atoms with E-state index in [1.807, 2.05) is 66.3 Å². The maximum absolute atomic E-state index is 12.6. The van der Waals surface area contributed by atoms with Crippen LogP contribution in [0.5, 0.6) is 0 Å². The molecule has 5 aromatic rings. The van der Waals surface area contributed by atoms with E-state index in [1.165, 1.54) is 0 Å². The maximum Gasteiger partial charge on any atom is 0.238 e. The fourth-order valence-electron chi connectivity index (χ4n) is 4.41. The highest BCUT2D eigenvalue weighted by Crippen LogP contribution is 2.28. The largest absolute Gasteiger partial charge is 0.379 e. The first-order valence-corrected chi connectivity index (χ1v) is 12.4. The van der Waals surface area contributed by atoms with Gasteiger partial charge in [-0.2, -0.15) is 5.10 Å². The number of fused-ring (bicyclic) bond motifs is 1. The molecule has 1 amide bonds. The van der Waals surface area contributed by atoms with E-state index >= 15 is 0 Å². The second-order valence-electron chi connectivity index (χ2n) is 9.13. The minimum Gasteiger partial charge on any atom is -0.379 e. The molecule has 0 radical (unpaired) electrons. The summed E-state index contributed by atoms with van der Waals surface area (Å²) in [7, 11) is 1.90. The number of hydrogen-bond acceptors (Lipinski definition) is 8. The lowest BCUT2D eigenvalue weighted by molar-refractivity contribution is -0.118. The van der Waals surface area contributed by atoms with Crippen LogP contribution in [-0.2, 0) is 16.6 Å². The van der Waals surface area contributed by atoms with Crippen molar-refractivity contribution in [1.82, 2.24) is 34.6 Å². The molecule has 0 bridgehead atoms. The van der Waals surface area contributed by atoms with Gasteiger partial charge in [0.2, 0.25) is 5.91 Å². The molecule has 11 nitrogen and oxygen atoms in total. The average Bonchev–Trinajstić information content (AvgIpc) is 3.61. The van der Waals surface area contributed by atoms with Crippen LogP contribution in [0.3, 0.4) is 0 Å². The lowest BCUT2D eigenvalue weighted by Gasteiger charge is -2.25. The molecule has 0 spiro atoms. The van der Waals surface area contributed by atoms with Crippen LogP contribution in [0.4, 0.5) is 17.2 Å². The Labute approximate surface area is 218 Å². The van der Waals surface area contributed by atoms with Crippen LogP contribution in [0.15, 0.2) is 67.3 Å². The van der Waals surface area contributed by atoms with Crippen molar-refractivity contribution in [3.63, 3.8) is 0 Å². The summed E-state index contributed by atoms with van der Waals surface area (Å²) in [6, 6.07) is 15.6. The van der Waals surface area contributed by atoms with E-state index in [2.05, 4.69) is 30.7 Å². The molecule has 2 aromatic carbocycles. The molecule has 11 heteroatoms. The zero-order valence-electron chi connectivity index (χ0n) is 20.9. The van der Waals surface area contributed by atoms with Gasteiger partial charge in [0.25, 0.3) is 0 Å². The number of anilines is 3. The van der Waals surface area contributed by atoms with Crippen molar-refractivity contribution in [3.8, 4) is 22.5 Å². The smallest absolute Gasteiger partial charge is 0.238 e. The van der Waals surface area contributed by atoms with Crippen molar-refractivity contribution in [2.75, 3.05) is 43.5 Å². The highest BCUT2D eigenvalue weighted by molar-refractivity contribution is 5.93. The number of morpholine rings is 1. The van der Waals surface area contributed by atoms with Gasteiger partial charge in [-0.05, 0) is 29.8 Å². The third-order valence-electron chi connectivity index (χ3n) is 6.41. The second kappa shape index (κ2) is 10.4. The first-order valence-electron chi connectivity index (χ1n) is 12.4. The first-order chi connectivity index (χ1) is 18.6. The lowest BCUT2D eigenvalue weighted by atomic mass is 10.1. The van der Waals surface area contributed by atoms with Gasteiger partial charge >= 0.3 is 0 Å². The molecule has 38 heavy (non-hydrogen) atoms. The molecule has 1 aliphatic heterocycles. The Balaban J connectivity index is 1.25. The number of hydrogen-bond donors (Lipinski definition) is 3. The van der Waals surface area contributed by atoms with Gasteiger partial charge in [0.15, 0.2) is 22.8 Å². The van der Waals surface area contributed by atoms with Crippen molar-refractivity contribution in [3.05, 3.63) is 67.3 Å². The van der Waals surface area contributed by atoms with E-state index in [0.29, 0.717) is 48.3 Å². The summed E-state index contributed by atoms with van der Waals surface area (Å²) in [5.41, 5.74) is 5.81. The number of carbonyl (C=O) groups excluding carboxylic acids is 1. The van der Waals surface area contributed by atoms with Crippen LogP contribution >= 0.6 is 0 Å². The fraction of sp³-hybridized carbons (Fsp3) is 0.222. The van der Waals surface area contributed by atoms with Crippen molar-refractivity contribution < 1.29 is 9.53 Å². The van der Waals surface area contributed by atoms with Gasteiger partial charge in [0, 0.05) is 48.8 Å². The molecule has 3 N–H and O–H groups in total. The molecule has 4 heterocycles. The summed E-state index contributed by atoms with van der Waals surface area (Å²) in [6.45, 7) is 3.16. The van der Waals surface area contributed by atoms with Gasteiger partial charge in [-0.1, -0.05) is 24.3 Å². The van der Waals surface area contributed by atoms with Gasteiger partial charge in [0.05, 0.1) is 32.3 Å². The summed E-state index contributed by atoms with van der Waals surface area (Å²) < 4.78 is 7.23. The van der Waals surface area contributed by atoms with E-state index in [0.717, 1.165) is 35.5 Å². The second-order valence-corrected chi connectivity index (χ2v) is 9.13. The zero-order chi connectivity index (χ0) is 25.9. The monoisotopic (exact) mass is 509 g/mol. The summed E-state index contributed by atoms with van der Waals surface area (Å²) in [5.74, 6) is 1.07. The Morgan fingerprint density at radius 3 is 2.66 bits per heavy atom. The average molecular weight is 510 g/mol. The lowest BCUT2D eigenvalue weighted by Crippen LogP contribution is -2.41. The molecule has 0 aliphatic carbocycles. The highest BCUT2D eigenvalue weighted by Gasteiger charge is 2.16. The number of H-pyrrole nitrogens is 1. The zero-order valence-corrected chi connectivity index (χ0v) is 20.9. The third kappa shape index (κ3) is 5.10. The quantitative estimate of drug-likeness (QED) is 0.305. The van der Waals surface area contributed by atoms with Crippen molar-refractivity contribution in [2.45, 2.75) is 0 Å². The summed E-state index contributed by atoms with van der Waals surface area (Å²) >= 11 is 0. The van der Waals surface area contributed by atoms with Gasteiger partial charge in [-0.15, -0.1) is 0 Å². The van der Waals surface area contributed by atoms with Crippen LogP contribution in [0, 0.1) is 0 Å². The number of aromatic amines is 1. The Morgan fingerprint density at radius 2 is 1.87 bits per heavy atom. The molecule has 0 unspecified atom stereocenters. The fourth-order valence-corrected chi connectivity index (χ4v) is 4.41. The maximum atomic E-state index is 12.6. The summed E-state index contributed by atoms with van der Waals surface area (Å²) in [6.07, 6.45) is 5.37. The number of imidazole rings is 1. The SMILES string of the molecule is Cn1cnc2c(Nc3ccc(-c4cn[nH]c4)cc3)nc(-c3cccc(NC(=O)CN4CCOCC4)c3)nc21. The van der Waals surface area contributed by atoms with Crippen LogP contribution in [0.25, 0.3) is 33.7 Å². The van der Waals surface area contributed by atoms with E-state index in [9.17, 15) is 4.79 Å². The summed E-state index contributed by atoms with van der Waals surface area (Å²) in [4.78, 5) is 28.8. The number of ether oxygens (including phenoxy) is 1. The van der Waals surface area contributed by atoms with Crippen molar-refractivity contribution in [1.29, 1.82) is 0 Å². The number of rotatable bonds is 7. The van der Waals surface area contributed by atoms with E-state index in [1.54, 1.807) is 12.5 Å². The standard InChI is InChI=1S/C27H27N9O2/c1-35-17-28-24-26(32-21-7-5-18(6-8-21)20-14-29-30-15-20)33-25(34-27(24)35)19-3-2-4-22(13-19)31-23(37)16-36-9-11-38-12-10-36/h2-8,13-15,17H,9-12,16H2,1H3,(H,29,30)(H,31,37)(H,32,33,34). The van der Waals surface area contributed by atoms with E-state index in [-0.39, 0.29) is 5.91 Å². The van der Waals surface area contributed by atoms with Crippen molar-refractivity contribution in [2.24, 2.45) is 7.05 Å². The number of aromatic nitrogens is 6. The number of amides is 1. The molecule has 0 atom stereocenters. The van der Waals surface area contributed by atoms with E-state index in [4.69, 9.17) is 14.7 Å². The molecule has 192 valence electrons. The first kappa shape index (κ1) is 23.8. The molecule has 3 aromatic heterocycles. The molecular formula is C27H27N9O2. The van der Waals surface area contributed by atoms with Crippen LogP contribution in [0.1, 0.15) is 0 Å².